The van der Waals surface area contributed by atoms with Crippen LogP contribution in [0.15, 0.2) is 73.3 Å². The molecule has 0 radical (unpaired) electrons. The van der Waals surface area contributed by atoms with Crippen LogP contribution in [-0.4, -0.2) is 24.9 Å². The Morgan fingerprint density at radius 1 is 0.560 bits per heavy atom. The minimum Gasteiger partial charge on any atom is -0.355 e. The predicted octanol–water partition coefficient (Wildman–Crippen LogP) is 4.24. The summed E-state index contributed by atoms with van der Waals surface area (Å²) >= 11 is 0. The van der Waals surface area contributed by atoms with Crippen molar-refractivity contribution in [1.29, 1.82) is 0 Å². The van der Waals surface area contributed by atoms with Gasteiger partial charge in [-0.2, -0.15) is 0 Å². The average molecular weight is 323 g/mol. The lowest BCUT2D eigenvalue weighted by Gasteiger charge is -2.01. The van der Waals surface area contributed by atoms with Gasteiger partial charge in [0.05, 0.1) is 0 Å². The minimum atomic E-state index is 0.723. The number of hydrogen-bond donors (Lipinski definition) is 1. The van der Waals surface area contributed by atoms with Crippen molar-refractivity contribution in [3.05, 3.63) is 73.3 Å². The van der Waals surface area contributed by atoms with E-state index in [0.717, 1.165) is 44.6 Å². The van der Waals surface area contributed by atoms with Crippen molar-refractivity contribution in [3.63, 3.8) is 0 Å². The van der Waals surface area contributed by atoms with Crippen molar-refractivity contribution in [2.45, 2.75) is 0 Å². The van der Waals surface area contributed by atoms with E-state index in [4.69, 9.17) is 0 Å². The number of benzene rings is 2. The van der Waals surface area contributed by atoms with E-state index >= 15 is 0 Å². The molecule has 3 heterocycles. The van der Waals surface area contributed by atoms with Crippen LogP contribution in [0.4, 0.5) is 0 Å². The van der Waals surface area contributed by atoms with E-state index in [0.29, 0.717) is 0 Å². The molecule has 0 saturated carbocycles. The maximum absolute atomic E-state index is 4.34. The van der Waals surface area contributed by atoms with Crippen molar-refractivity contribution in [2.75, 3.05) is 0 Å². The van der Waals surface area contributed by atoms with Gasteiger partial charge in [-0.05, 0) is 48.5 Å². The van der Waals surface area contributed by atoms with Crippen LogP contribution in [0.2, 0.25) is 0 Å². The predicted molar refractivity (Wildman–Crippen MR) is 97.9 cm³/mol. The molecule has 3 aromatic heterocycles. The van der Waals surface area contributed by atoms with E-state index in [1.165, 1.54) is 0 Å². The maximum atomic E-state index is 4.34. The molecule has 2 aromatic carbocycles. The molecule has 0 unspecified atom stereocenters. The molecule has 0 bridgehead atoms. The fraction of sp³-hybridized carbons (Fsp3) is 0. The fourth-order valence-corrected chi connectivity index (χ4v) is 3.07. The number of hydrogen-bond acceptors (Lipinski definition) is 4. The second kappa shape index (κ2) is 5.49. The Morgan fingerprint density at radius 3 is 1.44 bits per heavy atom. The Bertz CT molecular complexity index is 1090. The molecular weight excluding hydrogens is 310 g/mol. The summed E-state index contributed by atoms with van der Waals surface area (Å²) in [4.78, 5) is 20.8. The lowest BCUT2D eigenvalue weighted by Crippen LogP contribution is -1.86. The highest BCUT2D eigenvalue weighted by Crippen LogP contribution is 2.31. The summed E-state index contributed by atoms with van der Waals surface area (Å²) in [5, 5.41) is 2.27. The molecule has 0 fully saturated rings. The van der Waals surface area contributed by atoms with E-state index in [-0.39, 0.29) is 0 Å². The van der Waals surface area contributed by atoms with Crippen LogP contribution in [0.3, 0.4) is 0 Å². The van der Waals surface area contributed by atoms with Crippen molar-refractivity contribution in [2.24, 2.45) is 0 Å². The number of rotatable bonds is 2. The van der Waals surface area contributed by atoms with Crippen molar-refractivity contribution in [3.8, 4) is 22.8 Å². The van der Waals surface area contributed by atoms with Crippen molar-refractivity contribution >= 4 is 21.8 Å². The topological polar surface area (TPSA) is 67.3 Å². The van der Waals surface area contributed by atoms with Crippen LogP contribution in [0.5, 0.6) is 0 Å². The van der Waals surface area contributed by atoms with Crippen LogP contribution in [0.25, 0.3) is 44.6 Å². The van der Waals surface area contributed by atoms with Gasteiger partial charge < -0.3 is 4.98 Å². The molecule has 0 atom stereocenters. The SMILES string of the molecule is c1cnc(-c2ccc3[nH]c4ccc(-c5ncccn5)cc4c3c2)nc1. The molecule has 0 saturated heterocycles. The zero-order chi connectivity index (χ0) is 16.6. The Labute approximate surface area is 143 Å². The Balaban J connectivity index is 1.73. The largest absolute Gasteiger partial charge is 0.355 e. The number of aromatic nitrogens is 5. The van der Waals surface area contributed by atoms with E-state index in [9.17, 15) is 0 Å². The molecule has 0 amide bonds. The van der Waals surface area contributed by atoms with Gasteiger partial charge in [-0.1, -0.05) is 0 Å². The third kappa shape index (κ3) is 2.33. The van der Waals surface area contributed by atoms with Crippen LogP contribution >= 0.6 is 0 Å². The highest BCUT2D eigenvalue weighted by Gasteiger charge is 2.09. The minimum absolute atomic E-state index is 0.723. The molecule has 0 aliphatic rings. The molecule has 5 nitrogen and oxygen atoms in total. The summed E-state index contributed by atoms with van der Waals surface area (Å²) in [6, 6.07) is 16.1. The number of aromatic amines is 1. The summed E-state index contributed by atoms with van der Waals surface area (Å²) in [6.07, 6.45) is 7.03. The van der Waals surface area contributed by atoms with Gasteiger partial charge >= 0.3 is 0 Å². The van der Waals surface area contributed by atoms with E-state index in [2.05, 4.69) is 49.2 Å². The highest BCUT2D eigenvalue weighted by molar-refractivity contribution is 6.09. The lowest BCUT2D eigenvalue weighted by atomic mass is 10.1. The molecule has 0 spiro atoms. The van der Waals surface area contributed by atoms with E-state index < -0.39 is 0 Å². The summed E-state index contributed by atoms with van der Waals surface area (Å²) in [7, 11) is 0. The number of nitrogens with one attached hydrogen (secondary N) is 1. The molecular formula is C20H13N5. The van der Waals surface area contributed by atoms with Crippen LogP contribution in [-0.2, 0) is 0 Å². The smallest absolute Gasteiger partial charge is 0.159 e. The average Bonchev–Trinajstić information content (AvgIpc) is 3.06. The molecule has 5 rings (SSSR count). The fourth-order valence-electron chi connectivity index (χ4n) is 3.07. The molecule has 0 aliphatic carbocycles. The molecule has 1 N–H and O–H groups in total. The first-order valence-electron chi connectivity index (χ1n) is 7.99. The van der Waals surface area contributed by atoms with Crippen molar-refractivity contribution < 1.29 is 0 Å². The van der Waals surface area contributed by atoms with E-state index in [1.807, 2.05) is 24.3 Å². The zero-order valence-corrected chi connectivity index (χ0v) is 13.2. The normalized spacial score (nSPS) is 11.2. The van der Waals surface area contributed by atoms with Gasteiger partial charge in [0.15, 0.2) is 11.6 Å². The van der Waals surface area contributed by atoms with Gasteiger partial charge in [-0.25, -0.2) is 19.9 Å². The molecule has 5 aromatic rings. The van der Waals surface area contributed by atoms with Crippen LogP contribution in [0, 0.1) is 0 Å². The zero-order valence-electron chi connectivity index (χ0n) is 13.2. The van der Waals surface area contributed by atoms with Gasteiger partial charge in [0.25, 0.3) is 0 Å². The molecule has 0 aliphatic heterocycles. The van der Waals surface area contributed by atoms with Gasteiger partial charge in [-0.15, -0.1) is 0 Å². The third-order valence-electron chi connectivity index (χ3n) is 4.25. The van der Waals surface area contributed by atoms with Crippen molar-refractivity contribution in [1.82, 2.24) is 24.9 Å². The second-order valence-electron chi connectivity index (χ2n) is 5.79. The summed E-state index contributed by atoms with van der Waals surface area (Å²) in [6.45, 7) is 0. The quantitative estimate of drug-likeness (QED) is 0.528. The van der Waals surface area contributed by atoms with Crippen LogP contribution in [0.1, 0.15) is 0 Å². The highest BCUT2D eigenvalue weighted by atomic mass is 14.9. The van der Waals surface area contributed by atoms with Crippen LogP contribution < -0.4 is 0 Å². The first kappa shape index (κ1) is 13.8. The summed E-state index contributed by atoms with van der Waals surface area (Å²) in [5.41, 5.74) is 4.16. The molecule has 25 heavy (non-hydrogen) atoms. The Morgan fingerprint density at radius 2 is 1.00 bits per heavy atom. The molecule has 118 valence electrons. The molecule has 5 heteroatoms. The number of fused-ring (bicyclic) bond motifs is 3. The van der Waals surface area contributed by atoms with Gasteiger partial charge in [0.2, 0.25) is 0 Å². The van der Waals surface area contributed by atoms with Gasteiger partial charge in [0, 0.05) is 57.7 Å². The first-order valence-corrected chi connectivity index (χ1v) is 7.99. The first-order chi connectivity index (χ1) is 12.4. The summed E-state index contributed by atoms with van der Waals surface area (Å²) < 4.78 is 0. The monoisotopic (exact) mass is 323 g/mol. The lowest BCUT2D eigenvalue weighted by molar-refractivity contribution is 1.18. The van der Waals surface area contributed by atoms with Gasteiger partial charge in [-0.3, -0.25) is 0 Å². The Kier molecular flexibility index (Phi) is 3.03. The van der Waals surface area contributed by atoms with Gasteiger partial charge in [0.1, 0.15) is 0 Å². The third-order valence-corrected chi connectivity index (χ3v) is 4.25. The Hall–Kier alpha value is -3.60. The summed E-state index contributed by atoms with van der Waals surface area (Å²) in [5.74, 6) is 1.45. The maximum Gasteiger partial charge on any atom is 0.159 e. The number of nitrogens with zero attached hydrogens (tertiary/aromatic N) is 4. The second-order valence-corrected chi connectivity index (χ2v) is 5.79. The number of H-pyrrole nitrogens is 1. The standard InChI is InChI=1S/C20H13N5/c1-7-21-19(22-8-1)13-3-5-17-15(11-13)16-12-14(4-6-18(16)25-17)20-23-9-2-10-24-20/h1-12,25H. The van der Waals surface area contributed by atoms with E-state index in [1.54, 1.807) is 24.8 Å².